The van der Waals surface area contributed by atoms with Gasteiger partial charge in [0.15, 0.2) is 39.3 Å². The molecule has 12 rings (SSSR count). The number of hydrogen-bond acceptors (Lipinski definition) is 14. The van der Waals surface area contributed by atoms with Crippen molar-refractivity contribution >= 4 is 63.2 Å². The van der Waals surface area contributed by atoms with E-state index in [9.17, 15) is 52.8 Å². The van der Waals surface area contributed by atoms with E-state index in [4.69, 9.17) is 19.7 Å². The fourth-order valence-electron chi connectivity index (χ4n) is 15.2. The third-order valence-electron chi connectivity index (χ3n) is 20.7. The van der Waals surface area contributed by atoms with E-state index in [1.807, 2.05) is 27.7 Å². The van der Waals surface area contributed by atoms with Crippen LogP contribution < -0.4 is 0 Å². The van der Waals surface area contributed by atoms with Gasteiger partial charge in [-0.1, -0.05) is 27.7 Å². The van der Waals surface area contributed by atoms with Crippen LogP contribution in [-0.4, -0.2) is 125 Å². The van der Waals surface area contributed by atoms with E-state index in [2.05, 4.69) is 13.8 Å². The molecule has 2 N–H and O–H groups in total. The van der Waals surface area contributed by atoms with Crippen LogP contribution in [0.15, 0.2) is 0 Å². The largest absolute Gasteiger partial charge is 0.481 e. The molecule has 12 fully saturated rings. The lowest BCUT2D eigenvalue weighted by molar-refractivity contribution is -0.151. The second-order valence-electron chi connectivity index (χ2n) is 25.8. The number of ether oxygens (including phenoxy) is 2. The minimum absolute atomic E-state index is 0.00991. The SMILES string of the molecule is CCOC(=O)[C@@H]1C[C@H](CS(=O)(=O)C2CC2)[C@@H]2C[C@]12C.CCOC(=O)[C@H]1C[C@@H](CS(=O)(=O)C2CC2)[C@H]2C[C@@]12C.C[C@@]12C[C@@H]1[C@H](CS(=O)(=O)C1CC1)C[C@@H]2C(=O)O.C[C@]12C[C@H]1[C@@H](CS(=O)(=O)C1CC1)C[C@H]2C(=O)O. The summed E-state index contributed by atoms with van der Waals surface area (Å²) in [5.41, 5.74) is -0.211. The highest BCUT2D eigenvalue weighted by Gasteiger charge is 2.70. The van der Waals surface area contributed by atoms with Crippen molar-refractivity contribution in [1.82, 2.24) is 0 Å². The van der Waals surface area contributed by atoms with Crippen molar-refractivity contribution in [3.8, 4) is 0 Å². The molecule has 16 atom stereocenters. The molecule has 12 aliphatic rings. The summed E-state index contributed by atoms with van der Waals surface area (Å²) in [6, 6.07) is 0. The standard InChI is InChI=1S/2C14H22O4S.2C12H18O4S/c2*1-3-18-13(15)11-6-9(12-7-14(11,12)2)8-19(16,17)10-4-5-10;2*1-12-5-10(12)7(4-9(12)11(13)14)6-17(15,16)8-2-3-8/h2*9-12H,3-8H2,1-2H3;2*7-10H,2-6H2,1H3,(H,13,14)/t2*9-,11+,12+,14-;2*7-,9+,10+,12-/m1010/s1. The molecule has 12 aliphatic carbocycles. The minimum Gasteiger partial charge on any atom is -0.481 e. The van der Waals surface area contributed by atoms with Gasteiger partial charge in [-0.25, -0.2) is 33.7 Å². The van der Waals surface area contributed by atoms with Gasteiger partial charge in [-0.3, -0.25) is 19.2 Å². The van der Waals surface area contributed by atoms with Crippen LogP contribution in [0.5, 0.6) is 0 Å². The molecule has 20 heteroatoms. The first-order valence-electron chi connectivity index (χ1n) is 27.1. The van der Waals surface area contributed by atoms with Gasteiger partial charge in [-0.05, 0) is 186 Å². The number of aliphatic carboxylic acids is 2. The first-order valence-corrected chi connectivity index (χ1v) is 34.0. The predicted molar refractivity (Wildman–Crippen MR) is 267 cm³/mol. The Labute approximate surface area is 427 Å². The van der Waals surface area contributed by atoms with E-state index in [1.165, 1.54) is 0 Å². The molecule has 0 saturated heterocycles. The third kappa shape index (κ3) is 10.7. The van der Waals surface area contributed by atoms with Crippen LogP contribution in [0.1, 0.15) is 144 Å². The van der Waals surface area contributed by atoms with Crippen LogP contribution in [0.25, 0.3) is 0 Å². The van der Waals surface area contributed by atoms with Gasteiger partial charge in [-0.2, -0.15) is 0 Å². The molecule has 0 radical (unpaired) electrons. The Bertz CT molecular complexity index is 2460. The molecular formula is C52H80O16S4. The zero-order valence-corrected chi connectivity index (χ0v) is 46.3. The molecule has 0 spiro atoms. The smallest absolute Gasteiger partial charge is 0.309 e. The van der Waals surface area contributed by atoms with E-state index in [1.54, 1.807) is 0 Å². The van der Waals surface area contributed by atoms with Crippen LogP contribution in [0.2, 0.25) is 0 Å². The van der Waals surface area contributed by atoms with Crippen LogP contribution in [0, 0.1) is 92.7 Å². The lowest BCUT2D eigenvalue weighted by Gasteiger charge is -2.18. The Morgan fingerprint density at radius 2 is 0.611 bits per heavy atom. The van der Waals surface area contributed by atoms with E-state index in [-0.39, 0.29) is 125 Å². The average molecular weight is 1090 g/mol. The highest BCUT2D eigenvalue weighted by Crippen LogP contribution is 2.72. The number of rotatable bonds is 18. The molecule has 0 heterocycles. The maximum atomic E-state index is 12.1. The molecule has 0 amide bonds. The van der Waals surface area contributed by atoms with Crippen molar-refractivity contribution in [2.45, 2.75) is 165 Å². The number of carbonyl (C=O) groups excluding carboxylic acids is 2. The fourth-order valence-corrected chi connectivity index (χ4v) is 23.6. The molecule has 0 unspecified atom stereocenters. The van der Waals surface area contributed by atoms with Gasteiger partial charge in [0.05, 0.1) is 80.9 Å². The van der Waals surface area contributed by atoms with Crippen molar-refractivity contribution in [3.63, 3.8) is 0 Å². The minimum atomic E-state index is -2.95. The number of carboxylic acid groups (broad SMARTS) is 2. The van der Waals surface area contributed by atoms with E-state index < -0.39 is 51.3 Å². The molecule has 72 heavy (non-hydrogen) atoms. The number of fused-ring (bicyclic) bond motifs is 4. The quantitative estimate of drug-likeness (QED) is 0.145. The van der Waals surface area contributed by atoms with Gasteiger partial charge < -0.3 is 19.7 Å². The molecule has 16 nitrogen and oxygen atoms in total. The summed E-state index contributed by atoms with van der Waals surface area (Å²) in [6.07, 6.45) is 12.8. The maximum absolute atomic E-state index is 12.1. The Kier molecular flexibility index (Phi) is 14.2. The first kappa shape index (κ1) is 54.5. The summed E-state index contributed by atoms with van der Waals surface area (Å²) in [4.78, 5) is 46.3. The van der Waals surface area contributed by atoms with Gasteiger partial charge >= 0.3 is 23.9 Å². The number of esters is 2. The van der Waals surface area contributed by atoms with Crippen LogP contribution in [-0.2, 0) is 68.0 Å². The monoisotopic (exact) mass is 1090 g/mol. The number of hydrogen-bond donors (Lipinski definition) is 2. The highest BCUT2D eigenvalue weighted by molar-refractivity contribution is 7.93. The van der Waals surface area contributed by atoms with E-state index in [0.29, 0.717) is 62.6 Å². The molecule has 0 aromatic heterocycles. The molecule has 0 aliphatic heterocycles. The second kappa shape index (κ2) is 18.7. The topological polar surface area (TPSA) is 264 Å². The van der Waals surface area contributed by atoms with Gasteiger partial charge in [0.2, 0.25) is 0 Å². The van der Waals surface area contributed by atoms with Crippen molar-refractivity contribution in [1.29, 1.82) is 0 Å². The van der Waals surface area contributed by atoms with Crippen LogP contribution in [0.4, 0.5) is 0 Å². The van der Waals surface area contributed by atoms with Gasteiger partial charge in [0.25, 0.3) is 0 Å². The molecule has 0 aromatic carbocycles. The number of carbonyl (C=O) groups is 4. The summed E-state index contributed by atoms with van der Waals surface area (Å²) in [6.45, 7) is 12.7. The molecule has 12 saturated carbocycles. The molecule has 0 bridgehead atoms. The number of sulfone groups is 4. The fraction of sp³-hybridized carbons (Fsp3) is 0.923. The van der Waals surface area contributed by atoms with Gasteiger partial charge in [0.1, 0.15) is 0 Å². The predicted octanol–water partition coefficient (Wildman–Crippen LogP) is 6.20. The Balaban J connectivity index is 0.000000119. The Morgan fingerprint density at radius 3 is 0.792 bits per heavy atom. The summed E-state index contributed by atoms with van der Waals surface area (Å²) in [5.74, 6) is 0.451. The van der Waals surface area contributed by atoms with Crippen molar-refractivity contribution in [3.05, 3.63) is 0 Å². The van der Waals surface area contributed by atoms with Crippen molar-refractivity contribution < 1.29 is 72.5 Å². The van der Waals surface area contributed by atoms with Crippen molar-refractivity contribution in [2.24, 2.45) is 92.7 Å². The highest BCUT2D eigenvalue weighted by atomic mass is 32.2. The van der Waals surface area contributed by atoms with Crippen LogP contribution in [0.3, 0.4) is 0 Å². The lowest BCUT2D eigenvalue weighted by atomic mass is 9.91. The number of carboxylic acids is 2. The zero-order valence-electron chi connectivity index (χ0n) is 43.0. The maximum Gasteiger partial charge on any atom is 0.309 e. The summed E-state index contributed by atoms with van der Waals surface area (Å²) in [5, 5.41) is 17.9. The van der Waals surface area contributed by atoms with E-state index >= 15 is 0 Å². The van der Waals surface area contributed by atoms with Gasteiger partial charge in [-0.15, -0.1) is 0 Å². The molecule has 0 aromatic rings. The second-order valence-corrected chi connectivity index (χ2v) is 35.1. The van der Waals surface area contributed by atoms with Gasteiger partial charge in [0, 0.05) is 0 Å². The summed E-state index contributed by atoms with van der Waals surface area (Å²) in [7, 11) is -11.7. The Morgan fingerprint density at radius 1 is 0.403 bits per heavy atom. The lowest BCUT2D eigenvalue weighted by Crippen LogP contribution is -2.25. The Hall–Kier alpha value is -2.32. The van der Waals surface area contributed by atoms with E-state index in [0.717, 1.165) is 77.0 Å². The zero-order chi connectivity index (χ0) is 52.5. The third-order valence-corrected chi connectivity index (χ3v) is 30.2. The summed E-state index contributed by atoms with van der Waals surface area (Å²) < 4.78 is 106. The van der Waals surface area contributed by atoms with Crippen LogP contribution >= 0.6 is 0 Å². The normalized spacial score (nSPS) is 42.5. The molecular weight excluding hydrogens is 1010 g/mol. The van der Waals surface area contributed by atoms with Crippen molar-refractivity contribution in [2.75, 3.05) is 36.2 Å². The molecule has 408 valence electrons. The summed E-state index contributed by atoms with van der Waals surface area (Å²) >= 11 is 0. The average Bonchev–Trinajstić information content (AvgIpc) is 4.04. The first-order chi connectivity index (χ1) is 33.5.